The number of nitrogens with zero attached hydrogens (tertiary/aromatic N) is 4. The summed E-state index contributed by atoms with van der Waals surface area (Å²) in [6, 6.07) is 25.1. The third-order valence-electron chi connectivity index (χ3n) is 6.76. The van der Waals surface area contributed by atoms with Gasteiger partial charge in [0.1, 0.15) is 6.17 Å². The highest BCUT2D eigenvalue weighted by Crippen LogP contribution is 2.31. The molecule has 0 bridgehead atoms. The molecule has 1 unspecified atom stereocenters. The van der Waals surface area contributed by atoms with Gasteiger partial charge in [-0.15, -0.1) is 11.3 Å². The lowest BCUT2D eigenvalue weighted by molar-refractivity contribution is -0.130. The van der Waals surface area contributed by atoms with Crippen LogP contribution in [-0.4, -0.2) is 58.3 Å². The molecule has 1 amide bonds. The molecule has 36 heavy (non-hydrogen) atoms. The van der Waals surface area contributed by atoms with Crippen molar-refractivity contribution >= 4 is 44.9 Å². The molecule has 0 spiro atoms. The average molecular weight is 514 g/mol. The topological polar surface area (TPSA) is 60.8 Å². The molecule has 2 aliphatic heterocycles. The lowest BCUT2D eigenvalue weighted by atomic mass is 9.94. The van der Waals surface area contributed by atoms with E-state index in [1.54, 1.807) is 11.3 Å². The maximum absolute atomic E-state index is 12.9. The largest absolute Gasteiger partial charge is 0.339 e. The Hall–Kier alpha value is -3.20. The van der Waals surface area contributed by atoms with Gasteiger partial charge in [-0.05, 0) is 24.6 Å². The fraction of sp³-hybridized carbons (Fsp3) is 0.250. The number of hydrogen-bond acceptors (Lipinski definition) is 7. The van der Waals surface area contributed by atoms with E-state index in [4.69, 9.17) is 5.10 Å². The van der Waals surface area contributed by atoms with Gasteiger partial charge in [-0.1, -0.05) is 78.0 Å². The molecule has 8 heteroatoms. The molecule has 6 rings (SSSR count). The van der Waals surface area contributed by atoms with E-state index in [0.717, 1.165) is 44.5 Å². The Balaban J connectivity index is 1.09. The van der Waals surface area contributed by atoms with E-state index in [0.29, 0.717) is 18.8 Å². The smallest absolute Gasteiger partial charge is 0.233 e. The number of aryl methyl sites for hydroxylation is 1. The molecule has 0 radical (unpaired) electrons. The lowest BCUT2D eigenvalue weighted by Crippen LogP contribution is -2.52. The maximum Gasteiger partial charge on any atom is 0.233 e. The van der Waals surface area contributed by atoms with Crippen molar-refractivity contribution in [2.45, 2.75) is 17.4 Å². The van der Waals surface area contributed by atoms with Gasteiger partial charge in [0.05, 0.1) is 21.7 Å². The summed E-state index contributed by atoms with van der Waals surface area (Å²) < 4.78 is 2.11. The summed E-state index contributed by atoms with van der Waals surface area (Å²) in [6.07, 6.45) is 0.00442. The molecule has 1 fully saturated rings. The molecule has 3 aromatic carbocycles. The van der Waals surface area contributed by atoms with Crippen LogP contribution in [0.5, 0.6) is 0 Å². The molecule has 0 saturated carbocycles. The standard InChI is InChI=1S/C28H27N5OS2/c1-19-10-12-20(13-11-19)26-21-6-2-3-7-22(21)27(31-30-26)33-16-14-32(15-17-33)25(34)18-35-28-29-23-8-4-5-9-24(23)36-28/h2-13,27,31H,14-18H2,1H3. The van der Waals surface area contributed by atoms with Gasteiger partial charge in [0.25, 0.3) is 0 Å². The van der Waals surface area contributed by atoms with E-state index in [1.807, 2.05) is 23.1 Å². The number of aromatic nitrogens is 1. The van der Waals surface area contributed by atoms with Gasteiger partial charge in [-0.3, -0.25) is 15.1 Å². The van der Waals surface area contributed by atoms with E-state index >= 15 is 0 Å². The number of amides is 1. The summed E-state index contributed by atoms with van der Waals surface area (Å²) in [7, 11) is 0. The van der Waals surface area contributed by atoms with Gasteiger partial charge in [-0.25, -0.2) is 4.98 Å². The molecule has 1 N–H and O–H groups in total. The van der Waals surface area contributed by atoms with Gasteiger partial charge >= 0.3 is 0 Å². The van der Waals surface area contributed by atoms with Crippen molar-refractivity contribution in [3.63, 3.8) is 0 Å². The first-order valence-electron chi connectivity index (χ1n) is 12.2. The van der Waals surface area contributed by atoms with Crippen LogP contribution in [0.4, 0.5) is 0 Å². The Labute approximate surface area is 219 Å². The Bertz CT molecular complexity index is 1390. The Morgan fingerprint density at radius 3 is 2.56 bits per heavy atom. The number of thioether (sulfide) groups is 1. The van der Waals surface area contributed by atoms with Crippen LogP contribution in [0.15, 0.2) is 82.2 Å². The summed E-state index contributed by atoms with van der Waals surface area (Å²) in [6.45, 7) is 5.14. The minimum absolute atomic E-state index is 0.00442. The summed E-state index contributed by atoms with van der Waals surface area (Å²) in [5.41, 5.74) is 10.1. The molecule has 0 aliphatic carbocycles. The van der Waals surface area contributed by atoms with Crippen LogP contribution in [0.25, 0.3) is 10.2 Å². The molecule has 1 atom stereocenters. The number of carbonyl (C=O) groups excluding carboxylic acids is 1. The number of fused-ring (bicyclic) bond motifs is 2. The molecule has 6 nitrogen and oxygen atoms in total. The third-order valence-corrected chi connectivity index (χ3v) is 8.92. The fourth-order valence-corrected chi connectivity index (χ4v) is 6.74. The normalized spacial score (nSPS) is 18.0. The van der Waals surface area contributed by atoms with Gasteiger partial charge in [0.2, 0.25) is 5.91 Å². The minimum Gasteiger partial charge on any atom is -0.339 e. The minimum atomic E-state index is 0.00442. The van der Waals surface area contributed by atoms with Gasteiger partial charge < -0.3 is 4.90 Å². The van der Waals surface area contributed by atoms with Crippen LogP contribution >= 0.6 is 23.1 Å². The monoisotopic (exact) mass is 513 g/mol. The molecule has 1 saturated heterocycles. The molecule has 2 aliphatic rings. The number of thiazole rings is 1. The predicted molar refractivity (Wildman–Crippen MR) is 148 cm³/mol. The van der Waals surface area contributed by atoms with Crippen LogP contribution in [0.2, 0.25) is 0 Å². The summed E-state index contributed by atoms with van der Waals surface area (Å²) in [5, 5.41) is 4.80. The van der Waals surface area contributed by atoms with Crippen molar-refractivity contribution in [3.05, 3.63) is 95.1 Å². The van der Waals surface area contributed by atoms with Crippen LogP contribution in [0.1, 0.15) is 28.4 Å². The van der Waals surface area contributed by atoms with E-state index in [-0.39, 0.29) is 12.1 Å². The van der Waals surface area contributed by atoms with Crippen LogP contribution < -0.4 is 5.43 Å². The van der Waals surface area contributed by atoms with Gasteiger partial charge in [0.15, 0.2) is 4.34 Å². The number of piperazine rings is 1. The number of hydrazone groups is 1. The zero-order chi connectivity index (χ0) is 24.5. The molecule has 1 aromatic heterocycles. The third kappa shape index (κ3) is 4.64. The molecule has 3 heterocycles. The summed E-state index contributed by atoms with van der Waals surface area (Å²) >= 11 is 3.19. The van der Waals surface area contributed by atoms with Crippen LogP contribution in [0.3, 0.4) is 0 Å². The Morgan fingerprint density at radius 1 is 1.00 bits per heavy atom. The molecule has 4 aromatic rings. The van der Waals surface area contributed by atoms with E-state index in [1.165, 1.54) is 22.9 Å². The van der Waals surface area contributed by atoms with E-state index < -0.39 is 0 Å². The Kier molecular flexibility index (Phi) is 6.48. The van der Waals surface area contributed by atoms with Crippen molar-refractivity contribution < 1.29 is 4.79 Å². The number of rotatable bonds is 5. The Morgan fingerprint density at radius 2 is 1.75 bits per heavy atom. The quantitative estimate of drug-likeness (QED) is 0.385. The highest BCUT2D eigenvalue weighted by molar-refractivity contribution is 8.01. The summed E-state index contributed by atoms with van der Waals surface area (Å²) in [4.78, 5) is 21.9. The predicted octanol–water partition coefficient (Wildman–Crippen LogP) is 4.90. The SMILES string of the molecule is Cc1ccc(C2=NNC(N3CCN(C(=O)CSc4nc5ccccc5s4)CC3)c3ccccc32)cc1. The van der Waals surface area contributed by atoms with Crippen molar-refractivity contribution in [1.82, 2.24) is 20.2 Å². The highest BCUT2D eigenvalue weighted by atomic mass is 32.2. The van der Waals surface area contributed by atoms with Crippen molar-refractivity contribution in [1.29, 1.82) is 0 Å². The second kappa shape index (κ2) is 10.0. The molecule has 182 valence electrons. The molecular weight excluding hydrogens is 486 g/mol. The van der Waals surface area contributed by atoms with Crippen molar-refractivity contribution in [3.8, 4) is 0 Å². The second-order valence-corrected chi connectivity index (χ2v) is 11.4. The van der Waals surface area contributed by atoms with Crippen molar-refractivity contribution in [2.75, 3.05) is 31.9 Å². The van der Waals surface area contributed by atoms with E-state index in [9.17, 15) is 4.79 Å². The first kappa shape index (κ1) is 23.2. The second-order valence-electron chi connectivity index (χ2n) is 9.10. The number of nitrogens with one attached hydrogen (secondary N) is 1. The van der Waals surface area contributed by atoms with Crippen molar-refractivity contribution in [2.24, 2.45) is 5.10 Å². The van der Waals surface area contributed by atoms with Crippen LogP contribution in [0, 0.1) is 6.92 Å². The highest BCUT2D eigenvalue weighted by Gasteiger charge is 2.31. The first-order chi connectivity index (χ1) is 17.7. The number of carbonyl (C=O) groups is 1. The summed E-state index contributed by atoms with van der Waals surface area (Å²) in [5.74, 6) is 0.602. The maximum atomic E-state index is 12.9. The fourth-order valence-electron chi connectivity index (χ4n) is 4.77. The zero-order valence-corrected chi connectivity index (χ0v) is 21.7. The number of para-hydroxylation sites is 1. The number of benzene rings is 3. The van der Waals surface area contributed by atoms with Gasteiger partial charge in [-0.2, -0.15) is 5.10 Å². The zero-order valence-electron chi connectivity index (χ0n) is 20.1. The average Bonchev–Trinajstić information content (AvgIpc) is 3.35. The van der Waals surface area contributed by atoms with Crippen LogP contribution in [-0.2, 0) is 4.79 Å². The lowest BCUT2D eigenvalue weighted by Gasteiger charge is -2.41. The van der Waals surface area contributed by atoms with E-state index in [2.05, 4.69) is 76.8 Å². The van der Waals surface area contributed by atoms with Gasteiger partial charge in [0, 0.05) is 37.3 Å². The number of hydrogen-bond donors (Lipinski definition) is 1. The molecular formula is C28H27N5OS2. The first-order valence-corrected chi connectivity index (χ1v) is 14.0.